The third-order valence-corrected chi connectivity index (χ3v) is 13.4. The number of hydrogen-bond acceptors (Lipinski definition) is 12. The molecule has 0 heterocycles. The Bertz CT molecular complexity index is 1860. The van der Waals surface area contributed by atoms with Crippen molar-refractivity contribution in [2.75, 3.05) is 39.6 Å². The molecular formula is C54H70O12. The molecule has 3 aliphatic rings. The van der Waals surface area contributed by atoms with E-state index in [2.05, 4.69) is 0 Å². The van der Waals surface area contributed by atoms with Gasteiger partial charge in [0.2, 0.25) is 0 Å². The van der Waals surface area contributed by atoms with Gasteiger partial charge >= 0.3 is 35.8 Å². The number of benzene rings is 3. The Morgan fingerprint density at radius 1 is 0.364 bits per heavy atom. The van der Waals surface area contributed by atoms with Crippen molar-refractivity contribution in [1.82, 2.24) is 0 Å². The lowest BCUT2D eigenvalue weighted by Gasteiger charge is -2.32. The second kappa shape index (κ2) is 27.2. The quantitative estimate of drug-likeness (QED) is 0.0781. The van der Waals surface area contributed by atoms with Crippen LogP contribution < -0.4 is 0 Å². The van der Waals surface area contributed by atoms with E-state index in [-0.39, 0.29) is 75.3 Å². The van der Waals surface area contributed by atoms with Crippen LogP contribution in [0.5, 0.6) is 0 Å². The number of ether oxygens (including phenoxy) is 6. The molecule has 0 radical (unpaired) electrons. The zero-order chi connectivity index (χ0) is 47.0. The molecule has 0 saturated heterocycles. The van der Waals surface area contributed by atoms with Crippen molar-refractivity contribution in [2.45, 2.75) is 123 Å². The van der Waals surface area contributed by atoms with Crippen LogP contribution in [0, 0.1) is 28.6 Å². The van der Waals surface area contributed by atoms with Gasteiger partial charge in [-0.2, -0.15) is 0 Å². The Morgan fingerprint density at radius 3 is 0.818 bits per heavy atom. The maximum atomic E-state index is 12.7. The molecule has 0 aromatic heterocycles. The second-order valence-electron chi connectivity index (χ2n) is 18.4. The first kappa shape index (κ1) is 51.5. The molecule has 3 fully saturated rings. The summed E-state index contributed by atoms with van der Waals surface area (Å²) in [6.45, 7) is 3.96. The Hall–Kier alpha value is -5.52. The molecule has 0 bridgehead atoms. The zero-order valence-corrected chi connectivity index (χ0v) is 39.1. The van der Waals surface area contributed by atoms with E-state index in [4.69, 9.17) is 28.4 Å². The smallest absolute Gasteiger partial charge is 0.338 e. The highest BCUT2D eigenvalue weighted by Crippen LogP contribution is 2.32. The predicted octanol–water partition coefficient (Wildman–Crippen LogP) is 10.7. The average molecular weight is 911 g/mol. The molecule has 0 amide bonds. The fourth-order valence-electron chi connectivity index (χ4n) is 8.53. The van der Waals surface area contributed by atoms with Gasteiger partial charge in [0.25, 0.3) is 0 Å². The summed E-state index contributed by atoms with van der Waals surface area (Å²) >= 11 is 0. The Labute approximate surface area is 390 Å². The molecule has 12 heteroatoms. The van der Waals surface area contributed by atoms with Gasteiger partial charge < -0.3 is 28.4 Å². The van der Waals surface area contributed by atoms with E-state index in [1.54, 1.807) is 72.8 Å². The summed E-state index contributed by atoms with van der Waals surface area (Å²) in [4.78, 5) is 75.5. The first-order valence-corrected chi connectivity index (χ1v) is 24.2. The van der Waals surface area contributed by atoms with Crippen LogP contribution >= 0.6 is 0 Å². The SMILES string of the molecule is CCC(COC(=O)c1ccccc1)(COC(=O)C1CCCCC1)COC(=O)C1CCCCC1.CCC(COC(=O)c1ccccc1)(COC(=O)c1ccccc1)COC(=O)C1CCCCC1. The first-order valence-electron chi connectivity index (χ1n) is 24.2. The van der Waals surface area contributed by atoms with E-state index in [1.165, 1.54) is 0 Å². The highest BCUT2D eigenvalue weighted by atomic mass is 16.6. The summed E-state index contributed by atoms with van der Waals surface area (Å²) < 4.78 is 33.9. The van der Waals surface area contributed by atoms with Gasteiger partial charge in [-0.25, -0.2) is 14.4 Å². The molecule has 0 N–H and O–H groups in total. The van der Waals surface area contributed by atoms with Gasteiger partial charge in [-0.1, -0.05) is 126 Å². The normalized spacial score (nSPS) is 16.1. The van der Waals surface area contributed by atoms with Gasteiger partial charge in [0.05, 0.1) is 45.3 Å². The van der Waals surface area contributed by atoms with Crippen LogP contribution in [0.25, 0.3) is 0 Å². The summed E-state index contributed by atoms with van der Waals surface area (Å²) in [5.41, 5.74) is -0.273. The van der Waals surface area contributed by atoms with Crippen LogP contribution in [-0.4, -0.2) is 75.5 Å². The van der Waals surface area contributed by atoms with Crippen molar-refractivity contribution >= 4 is 35.8 Å². The third kappa shape index (κ3) is 16.4. The van der Waals surface area contributed by atoms with Gasteiger partial charge in [-0.15, -0.1) is 0 Å². The maximum Gasteiger partial charge on any atom is 0.338 e. The zero-order valence-electron chi connectivity index (χ0n) is 39.1. The summed E-state index contributed by atoms with van der Waals surface area (Å²) in [7, 11) is 0. The molecule has 3 aliphatic carbocycles. The molecule has 3 aromatic carbocycles. The van der Waals surface area contributed by atoms with Crippen LogP contribution in [0.15, 0.2) is 91.0 Å². The molecule has 3 aromatic rings. The van der Waals surface area contributed by atoms with E-state index < -0.39 is 28.7 Å². The van der Waals surface area contributed by atoms with E-state index in [1.807, 2.05) is 32.0 Å². The largest absolute Gasteiger partial charge is 0.465 e. The molecule has 0 atom stereocenters. The van der Waals surface area contributed by atoms with E-state index in [0.717, 1.165) is 96.3 Å². The van der Waals surface area contributed by atoms with Crippen LogP contribution in [-0.2, 0) is 42.8 Å². The van der Waals surface area contributed by atoms with E-state index in [0.29, 0.717) is 29.5 Å². The van der Waals surface area contributed by atoms with Crippen molar-refractivity contribution in [3.63, 3.8) is 0 Å². The number of esters is 6. The summed E-state index contributed by atoms with van der Waals surface area (Å²) in [5.74, 6) is -2.22. The average Bonchev–Trinajstić information content (AvgIpc) is 3.39. The van der Waals surface area contributed by atoms with Crippen LogP contribution in [0.1, 0.15) is 154 Å². The molecule has 0 unspecified atom stereocenters. The molecule has 66 heavy (non-hydrogen) atoms. The minimum Gasteiger partial charge on any atom is -0.465 e. The van der Waals surface area contributed by atoms with Crippen LogP contribution in [0.4, 0.5) is 0 Å². The summed E-state index contributed by atoms with van der Waals surface area (Å²) in [6.07, 6.45) is 15.9. The van der Waals surface area contributed by atoms with Crippen LogP contribution in [0.3, 0.4) is 0 Å². The molecule has 0 spiro atoms. The van der Waals surface area contributed by atoms with Crippen molar-refractivity contribution in [1.29, 1.82) is 0 Å². The van der Waals surface area contributed by atoms with Gasteiger partial charge in [0.15, 0.2) is 0 Å². The van der Waals surface area contributed by atoms with Gasteiger partial charge in [-0.05, 0) is 87.8 Å². The predicted molar refractivity (Wildman–Crippen MR) is 248 cm³/mol. The minimum atomic E-state index is -0.834. The lowest BCUT2D eigenvalue weighted by Crippen LogP contribution is -2.40. The Kier molecular flexibility index (Phi) is 21.2. The number of hydrogen-bond donors (Lipinski definition) is 0. The fourth-order valence-corrected chi connectivity index (χ4v) is 8.53. The summed E-state index contributed by atoms with van der Waals surface area (Å²) in [6, 6.07) is 26.2. The fraction of sp³-hybridized carbons (Fsp3) is 0.556. The number of carbonyl (C=O) groups is 6. The molecular weight excluding hydrogens is 841 g/mol. The highest BCUT2D eigenvalue weighted by Gasteiger charge is 2.38. The van der Waals surface area contributed by atoms with Gasteiger partial charge in [-0.3, -0.25) is 14.4 Å². The Morgan fingerprint density at radius 2 is 0.591 bits per heavy atom. The molecule has 6 rings (SSSR count). The van der Waals surface area contributed by atoms with E-state index >= 15 is 0 Å². The van der Waals surface area contributed by atoms with Crippen molar-refractivity contribution < 1.29 is 57.2 Å². The molecule has 0 aliphatic heterocycles. The van der Waals surface area contributed by atoms with Crippen molar-refractivity contribution in [3.8, 4) is 0 Å². The Balaban J connectivity index is 0.000000247. The minimum absolute atomic E-state index is 0.0168. The summed E-state index contributed by atoms with van der Waals surface area (Å²) in [5, 5.41) is 0. The highest BCUT2D eigenvalue weighted by molar-refractivity contribution is 5.90. The maximum absolute atomic E-state index is 12.7. The van der Waals surface area contributed by atoms with Gasteiger partial charge in [0.1, 0.15) is 39.6 Å². The standard InChI is InChI=1S/C27H38O6.C27H32O6/c2*1-2-27(18-31-24(28)21-12-6-3-7-13-21,19-32-25(29)22-14-8-4-9-15-22)20-33-26(30)23-16-10-5-11-17-23/h3,6-7,12-13,22-23H,2,4-5,8-11,14-20H2,1H3;3-4,6-9,12-15,23H,2,5,10-11,16-20H2,1H3. The lowest BCUT2D eigenvalue weighted by atomic mass is 9.86. The molecule has 12 nitrogen and oxygen atoms in total. The topological polar surface area (TPSA) is 158 Å². The van der Waals surface area contributed by atoms with Gasteiger partial charge in [0, 0.05) is 0 Å². The lowest BCUT2D eigenvalue weighted by molar-refractivity contribution is -0.163. The van der Waals surface area contributed by atoms with Crippen molar-refractivity contribution in [2.24, 2.45) is 28.6 Å². The molecule has 3 saturated carbocycles. The van der Waals surface area contributed by atoms with Crippen molar-refractivity contribution in [3.05, 3.63) is 108 Å². The molecule has 358 valence electrons. The second-order valence-corrected chi connectivity index (χ2v) is 18.4. The monoisotopic (exact) mass is 910 g/mol. The van der Waals surface area contributed by atoms with Crippen LogP contribution in [0.2, 0.25) is 0 Å². The number of rotatable bonds is 20. The van der Waals surface area contributed by atoms with E-state index in [9.17, 15) is 28.8 Å². The first-order chi connectivity index (χ1) is 32.1. The number of carbonyl (C=O) groups excluding carboxylic acids is 6. The third-order valence-electron chi connectivity index (χ3n) is 13.4.